The zero-order valence-corrected chi connectivity index (χ0v) is 15.0. The van der Waals surface area contributed by atoms with E-state index in [9.17, 15) is 5.11 Å². The van der Waals surface area contributed by atoms with Gasteiger partial charge in [0.25, 0.3) is 0 Å². The maximum absolute atomic E-state index is 10.1. The highest BCUT2D eigenvalue weighted by atomic mass is 16.3. The van der Waals surface area contributed by atoms with Gasteiger partial charge in [0.15, 0.2) is 0 Å². The molecule has 2 heteroatoms. The minimum absolute atomic E-state index is 0.115. The van der Waals surface area contributed by atoms with Crippen molar-refractivity contribution in [3.8, 4) is 0 Å². The molecule has 0 aromatic heterocycles. The molecule has 0 aliphatic carbocycles. The lowest BCUT2D eigenvalue weighted by atomic mass is 10.0. The third kappa shape index (κ3) is 12.6. The number of hydrogen-bond donors (Lipinski definition) is 2. The summed E-state index contributed by atoms with van der Waals surface area (Å²) >= 11 is 0. The number of allylic oxidation sites excluding steroid dienone is 5. The minimum atomic E-state index is -0.392. The maximum Gasteiger partial charge on any atom is 0.0760 e. The van der Waals surface area contributed by atoms with Gasteiger partial charge in [0.2, 0.25) is 0 Å². The third-order valence-corrected chi connectivity index (χ3v) is 3.57. The van der Waals surface area contributed by atoms with Crippen LogP contribution in [0.5, 0.6) is 0 Å². The van der Waals surface area contributed by atoms with E-state index in [1.54, 1.807) is 0 Å². The molecular formula is C20H34O2. The Balaban J connectivity index is 4.20. The summed E-state index contributed by atoms with van der Waals surface area (Å²) in [5.41, 5.74) is 5.02. The van der Waals surface area contributed by atoms with Crippen molar-refractivity contribution in [2.24, 2.45) is 0 Å². The number of aliphatic hydroxyl groups excluding tert-OH is 2. The predicted octanol–water partition coefficient (Wildman–Crippen LogP) is 5.10. The molecule has 0 bridgehead atoms. The lowest BCUT2D eigenvalue weighted by Gasteiger charge is -2.08. The van der Waals surface area contributed by atoms with Gasteiger partial charge in [-0.3, -0.25) is 0 Å². The molecule has 0 spiro atoms. The Bertz CT molecular complexity index is 421. The molecule has 0 amide bonds. The Kier molecular flexibility index (Phi) is 11.8. The lowest BCUT2D eigenvalue weighted by molar-refractivity contribution is 0.222. The van der Waals surface area contributed by atoms with Gasteiger partial charge >= 0.3 is 0 Å². The zero-order chi connectivity index (χ0) is 17.0. The topological polar surface area (TPSA) is 40.5 Å². The van der Waals surface area contributed by atoms with Gasteiger partial charge in [0.1, 0.15) is 0 Å². The average molecular weight is 306 g/mol. The third-order valence-electron chi connectivity index (χ3n) is 3.57. The van der Waals surface area contributed by atoms with E-state index in [2.05, 4.69) is 39.8 Å². The molecule has 0 rings (SSSR count). The van der Waals surface area contributed by atoms with Gasteiger partial charge in [-0.25, -0.2) is 0 Å². The van der Waals surface area contributed by atoms with Crippen molar-refractivity contribution in [1.29, 1.82) is 0 Å². The Morgan fingerprint density at radius 3 is 2.00 bits per heavy atom. The van der Waals surface area contributed by atoms with Gasteiger partial charge in [-0.2, -0.15) is 0 Å². The average Bonchev–Trinajstić information content (AvgIpc) is 2.37. The molecule has 0 aliphatic heterocycles. The van der Waals surface area contributed by atoms with Crippen molar-refractivity contribution < 1.29 is 10.2 Å². The van der Waals surface area contributed by atoms with Gasteiger partial charge in [0, 0.05) is 0 Å². The van der Waals surface area contributed by atoms with Crippen LogP contribution in [0.25, 0.3) is 0 Å². The van der Waals surface area contributed by atoms with Crippen LogP contribution < -0.4 is 0 Å². The summed E-state index contributed by atoms with van der Waals surface area (Å²) in [5, 5.41) is 18.9. The van der Waals surface area contributed by atoms with Crippen LogP contribution in [-0.4, -0.2) is 22.9 Å². The molecule has 0 aromatic carbocycles. The summed E-state index contributed by atoms with van der Waals surface area (Å²) in [6.45, 7) is 10.5. The highest BCUT2D eigenvalue weighted by molar-refractivity contribution is 5.10. The highest BCUT2D eigenvalue weighted by Gasteiger charge is 2.02. The molecule has 0 heterocycles. The van der Waals surface area contributed by atoms with E-state index in [0.717, 1.165) is 25.7 Å². The van der Waals surface area contributed by atoms with E-state index in [4.69, 9.17) is 5.11 Å². The van der Waals surface area contributed by atoms with Crippen LogP contribution in [-0.2, 0) is 0 Å². The number of hydrogen-bond acceptors (Lipinski definition) is 2. The predicted molar refractivity (Wildman–Crippen MR) is 96.9 cm³/mol. The first-order valence-electron chi connectivity index (χ1n) is 8.26. The molecule has 0 radical (unpaired) electrons. The van der Waals surface area contributed by atoms with Gasteiger partial charge in [-0.1, -0.05) is 46.6 Å². The van der Waals surface area contributed by atoms with Crippen LogP contribution in [0.1, 0.15) is 66.7 Å². The Morgan fingerprint density at radius 1 is 0.818 bits per heavy atom. The maximum atomic E-state index is 10.1. The fourth-order valence-electron chi connectivity index (χ4n) is 2.28. The fourth-order valence-corrected chi connectivity index (χ4v) is 2.28. The molecule has 0 saturated heterocycles. The normalized spacial score (nSPS) is 15.0. The molecule has 1 unspecified atom stereocenters. The van der Waals surface area contributed by atoms with Gasteiger partial charge < -0.3 is 10.2 Å². The minimum Gasteiger partial charge on any atom is -0.392 e. The smallest absolute Gasteiger partial charge is 0.0760 e. The van der Waals surface area contributed by atoms with Gasteiger partial charge in [-0.15, -0.1) is 0 Å². The summed E-state index contributed by atoms with van der Waals surface area (Å²) in [6.07, 6.45) is 12.5. The summed E-state index contributed by atoms with van der Waals surface area (Å²) < 4.78 is 0. The molecule has 2 nitrogen and oxygen atoms in total. The van der Waals surface area contributed by atoms with E-state index in [-0.39, 0.29) is 6.61 Å². The van der Waals surface area contributed by atoms with Crippen LogP contribution in [0.15, 0.2) is 46.6 Å². The monoisotopic (exact) mass is 306 g/mol. The molecule has 22 heavy (non-hydrogen) atoms. The highest BCUT2D eigenvalue weighted by Crippen LogP contribution is 2.14. The fraction of sp³-hybridized carbons (Fsp3) is 0.600. The molecule has 2 N–H and O–H groups in total. The van der Waals surface area contributed by atoms with Crippen LogP contribution >= 0.6 is 0 Å². The van der Waals surface area contributed by atoms with Crippen LogP contribution in [0, 0.1) is 0 Å². The van der Waals surface area contributed by atoms with E-state index >= 15 is 0 Å². The Hall–Kier alpha value is -1.12. The van der Waals surface area contributed by atoms with Crippen molar-refractivity contribution in [2.45, 2.75) is 72.8 Å². The second-order valence-corrected chi connectivity index (χ2v) is 6.43. The van der Waals surface area contributed by atoms with E-state index in [0.29, 0.717) is 6.42 Å². The van der Waals surface area contributed by atoms with Crippen LogP contribution in [0.3, 0.4) is 0 Å². The summed E-state index contributed by atoms with van der Waals surface area (Å²) in [5.74, 6) is 0. The van der Waals surface area contributed by atoms with Crippen molar-refractivity contribution in [3.63, 3.8) is 0 Å². The first kappa shape index (κ1) is 20.9. The zero-order valence-electron chi connectivity index (χ0n) is 15.0. The Morgan fingerprint density at radius 2 is 1.41 bits per heavy atom. The second-order valence-electron chi connectivity index (χ2n) is 6.43. The Labute approximate surface area is 137 Å². The van der Waals surface area contributed by atoms with Crippen molar-refractivity contribution >= 4 is 0 Å². The standard InChI is InChI=1S/C20H34O2/c1-16(2)8-6-10-18(4)14-20(22)15-19(5)11-7-9-17(3)12-13-21/h8,11-12,14,20-22H,6-7,9-10,13,15H2,1-5H3. The molecule has 1 atom stereocenters. The van der Waals surface area contributed by atoms with Crippen molar-refractivity contribution in [1.82, 2.24) is 0 Å². The van der Waals surface area contributed by atoms with Crippen molar-refractivity contribution in [3.05, 3.63) is 46.6 Å². The molecule has 126 valence electrons. The molecule has 0 saturated carbocycles. The molecule has 0 fully saturated rings. The van der Waals surface area contributed by atoms with E-state index < -0.39 is 6.10 Å². The molecule has 0 aromatic rings. The lowest BCUT2D eigenvalue weighted by Crippen LogP contribution is -2.03. The van der Waals surface area contributed by atoms with Crippen LogP contribution in [0.2, 0.25) is 0 Å². The van der Waals surface area contributed by atoms with Gasteiger partial charge in [0.05, 0.1) is 12.7 Å². The largest absolute Gasteiger partial charge is 0.392 e. The first-order valence-corrected chi connectivity index (χ1v) is 8.26. The van der Waals surface area contributed by atoms with E-state index in [1.165, 1.54) is 22.3 Å². The van der Waals surface area contributed by atoms with Gasteiger partial charge in [-0.05, 0) is 66.7 Å². The van der Waals surface area contributed by atoms with E-state index in [1.807, 2.05) is 19.1 Å². The number of aliphatic hydroxyl groups is 2. The quantitative estimate of drug-likeness (QED) is 0.552. The molecule has 0 aliphatic rings. The summed E-state index contributed by atoms with van der Waals surface area (Å²) in [6, 6.07) is 0. The number of rotatable bonds is 10. The second kappa shape index (κ2) is 12.4. The first-order chi connectivity index (χ1) is 10.3. The van der Waals surface area contributed by atoms with Crippen molar-refractivity contribution in [2.75, 3.05) is 6.61 Å². The summed E-state index contributed by atoms with van der Waals surface area (Å²) in [4.78, 5) is 0. The summed E-state index contributed by atoms with van der Waals surface area (Å²) in [7, 11) is 0. The van der Waals surface area contributed by atoms with Crippen LogP contribution in [0.4, 0.5) is 0 Å². The molecular weight excluding hydrogens is 272 g/mol. The SMILES string of the molecule is CC(C)=CCCC(C)=CC(O)CC(C)=CCCC(C)=CCO.